The Morgan fingerprint density at radius 2 is 1.55 bits per heavy atom. The summed E-state index contributed by atoms with van der Waals surface area (Å²) in [5.74, 6) is -0.460. The van der Waals surface area contributed by atoms with Crippen LogP contribution in [0.5, 0.6) is 0 Å². The van der Waals surface area contributed by atoms with Crippen LogP contribution in [0.2, 0.25) is 15.1 Å². The summed E-state index contributed by atoms with van der Waals surface area (Å²) in [6, 6.07) is 13.8. The molecule has 1 aromatic heterocycles. The molecule has 3 rings (SSSR count). The summed E-state index contributed by atoms with van der Waals surface area (Å²) in [6.45, 7) is -0.228. The van der Waals surface area contributed by atoms with Crippen molar-refractivity contribution in [2.24, 2.45) is 0 Å². The molecule has 0 aliphatic rings. The van der Waals surface area contributed by atoms with Gasteiger partial charge in [0.05, 0.1) is 38.6 Å². The van der Waals surface area contributed by atoms with Crippen LogP contribution in [0.1, 0.15) is 21.6 Å². The number of carbonyl (C=O) groups excluding carboxylic acids is 1. The number of pyridine rings is 1. The molecule has 0 atom stereocenters. The lowest BCUT2D eigenvalue weighted by molar-refractivity contribution is -0.137. The third-order valence-corrected chi connectivity index (χ3v) is 4.96. The van der Waals surface area contributed by atoms with E-state index in [-0.39, 0.29) is 33.0 Å². The van der Waals surface area contributed by atoms with E-state index < -0.39 is 17.6 Å². The molecule has 0 fully saturated rings. The first-order valence-electron chi connectivity index (χ1n) is 8.21. The Morgan fingerprint density at radius 1 is 0.931 bits per heavy atom. The monoisotopic (exact) mass is 458 g/mol. The zero-order valence-electron chi connectivity index (χ0n) is 14.6. The van der Waals surface area contributed by atoms with Crippen molar-refractivity contribution in [3.8, 4) is 0 Å². The predicted octanol–water partition coefficient (Wildman–Crippen LogP) is 6.91. The van der Waals surface area contributed by atoms with Gasteiger partial charge in [0, 0.05) is 11.8 Å². The summed E-state index contributed by atoms with van der Waals surface area (Å²) in [5.41, 5.74) is -0.364. The third-order valence-electron chi connectivity index (χ3n) is 4.03. The first-order valence-corrected chi connectivity index (χ1v) is 9.34. The maximum absolute atomic E-state index is 13.1. The average molecular weight is 460 g/mol. The van der Waals surface area contributed by atoms with Crippen LogP contribution in [-0.4, -0.2) is 10.9 Å². The molecule has 0 aliphatic heterocycles. The minimum Gasteiger partial charge on any atom is -0.299 e. The van der Waals surface area contributed by atoms with Crippen molar-refractivity contribution < 1.29 is 18.0 Å². The molecule has 150 valence electrons. The van der Waals surface area contributed by atoms with Crippen molar-refractivity contribution in [1.29, 1.82) is 0 Å². The largest absolute Gasteiger partial charge is 0.417 e. The Labute approximate surface area is 179 Å². The van der Waals surface area contributed by atoms with E-state index in [9.17, 15) is 18.0 Å². The lowest BCUT2D eigenvalue weighted by Crippen LogP contribution is -2.31. The normalized spacial score (nSPS) is 11.4. The molecular weight excluding hydrogens is 448 g/mol. The summed E-state index contributed by atoms with van der Waals surface area (Å²) in [7, 11) is 0. The van der Waals surface area contributed by atoms with E-state index in [1.54, 1.807) is 48.5 Å². The minimum atomic E-state index is -4.58. The van der Waals surface area contributed by atoms with Crippen molar-refractivity contribution in [3.63, 3.8) is 0 Å². The Hall–Kier alpha value is -2.28. The van der Waals surface area contributed by atoms with Crippen molar-refractivity contribution in [1.82, 2.24) is 4.98 Å². The van der Waals surface area contributed by atoms with E-state index in [1.807, 2.05) is 0 Å². The number of benzene rings is 2. The maximum atomic E-state index is 13.1. The van der Waals surface area contributed by atoms with Gasteiger partial charge in [-0.15, -0.1) is 0 Å². The van der Waals surface area contributed by atoms with E-state index in [1.165, 1.54) is 4.90 Å². The fourth-order valence-electron chi connectivity index (χ4n) is 2.62. The zero-order valence-corrected chi connectivity index (χ0v) is 16.8. The molecule has 0 aliphatic carbocycles. The van der Waals surface area contributed by atoms with Gasteiger partial charge in [0.2, 0.25) is 0 Å². The van der Waals surface area contributed by atoms with Crippen molar-refractivity contribution >= 4 is 46.4 Å². The van der Waals surface area contributed by atoms with Crippen molar-refractivity contribution in [3.05, 3.63) is 92.7 Å². The molecule has 1 amide bonds. The number of alkyl halides is 3. The van der Waals surface area contributed by atoms with E-state index in [2.05, 4.69) is 4.98 Å². The Balaban J connectivity index is 2.06. The molecule has 0 spiro atoms. The Kier molecular flexibility index (Phi) is 6.36. The minimum absolute atomic E-state index is 0.0694. The van der Waals surface area contributed by atoms with Gasteiger partial charge in [-0.1, -0.05) is 59.1 Å². The summed E-state index contributed by atoms with van der Waals surface area (Å²) < 4.78 is 38.7. The van der Waals surface area contributed by atoms with Crippen LogP contribution >= 0.6 is 34.8 Å². The second-order valence-corrected chi connectivity index (χ2v) is 7.20. The Bertz CT molecular complexity index is 1020. The van der Waals surface area contributed by atoms with Crippen LogP contribution in [0.25, 0.3) is 0 Å². The topological polar surface area (TPSA) is 33.2 Å². The van der Waals surface area contributed by atoms with Crippen molar-refractivity contribution in [2.45, 2.75) is 12.7 Å². The summed E-state index contributed by atoms with van der Waals surface area (Å²) >= 11 is 18.6. The van der Waals surface area contributed by atoms with Gasteiger partial charge in [-0.3, -0.25) is 14.7 Å². The summed E-state index contributed by atoms with van der Waals surface area (Å²) in [6.07, 6.45) is -3.92. The highest BCUT2D eigenvalue weighted by Crippen LogP contribution is 2.37. The van der Waals surface area contributed by atoms with E-state index in [0.29, 0.717) is 11.8 Å². The zero-order chi connectivity index (χ0) is 21.2. The molecule has 0 saturated carbocycles. The molecule has 2 aromatic carbocycles. The molecule has 0 bridgehead atoms. The standard InChI is InChI=1S/C20H12Cl3F3N2O/c21-14-7-4-8-15(22)18(14)28(19(29)12-5-2-1-3-6-12)11-17-16(23)9-13(10-27-17)20(24,25)26/h1-10H,11H2. The number of carbonyl (C=O) groups is 1. The van der Waals surface area contributed by atoms with Gasteiger partial charge < -0.3 is 0 Å². The van der Waals surface area contributed by atoms with E-state index in [4.69, 9.17) is 34.8 Å². The maximum Gasteiger partial charge on any atom is 0.417 e. The van der Waals surface area contributed by atoms with E-state index >= 15 is 0 Å². The molecular formula is C20H12Cl3F3N2O. The highest BCUT2D eigenvalue weighted by molar-refractivity contribution is 6.40. The number of aromatic nitrogens is 1. The molecule has 1 heterocycles. The first kappa shape index (κ1) is 21.4. The lowest BCUT2D eigenvalue weighted by Gasteiger charge is -2.25. The quantitative estimate of drug-likeness (QED) is 0.425. The second-order valence-electron chi connectivity index (χ2n) is 5.98. The van der Waals surface area contributed by atoms with E-state index in [0.717, 1.165) is 6.07 Å². The fourth-order valence-corrected chi connectivity index (χ4v) is 3.45. The molecule has 9 heteroatoms. The second kappa shape index (κ2) is 8.61. The average Bonchev–Trinajstić information content (AvgIpc) is 2.67. The summed E-state index contributed by atoms with van der Waals surface area (Å²) in [4.78, 5) is 18.2. The van der Waals surface area contributed by atoms with Crippen LogP contribution in [0, 0.1) is 0 Å². The van der Waals surface area contributed by atoms with Crippen molar-refractivity contribution in [2.75, 3.05) is 4.90 Å². The molecule has 0 radical (unpaired) electrons. The van der Waals surface area contributed by atoms with Gasteiger partial charge >= 0.3 is 6.18 Å². The highest BCUT2D eigenvalue weighted by atomic mass is 35.5. The third kappa shape index (κ3) is 4.83. The molecule has 3 aromatic rings. The predicted molar refractivity (Wildman–Crippen MR) is 108 cm³/mol. The fraction of sp³-hybridized carbons (Fsp3) is 0.100. The number of hydrogen-bond donors (Lipinski definition) is 0. The summed E-state index contributed by atoms with van der Waals surface area (Å²) in [5, 5.41) is 0.170. The van der Waals surface area contributed by atoms with Gasteiger partial charge in [0.15, 0.2) is 0 Å². The number of para-hydroxylation sites is 1. The smallest absolute Gasteiger partial charge is 0.299 e. The SMILES string of the molecule is O=C(c1ccccc1)N(Cc1ncc(C(F)(F)F)cc1Cl)c1c(Cl)cccc1Cl. The molecule has 3 nitrogen and oxygen atoms in total. The highest BCUT2D eigenvalue weighted by Gasteiger charge is 2.32. The van der Waals surface area contributed by atoms with Gasteiger partial charge in [-0.05, 0) is 30.3 Å². The van der Waals surface area contributed by atoms with Gasteiger partial charge in [-0.25, -0.2) is 0 Å². The number of hydrogen-bond acceptors (Lipinski definition) is 2. The van der Waals surface area contributed by atoms with Crippen LogP contribution in [0.4, 0.5) is 18.9 Å². The molecule has 29 heavy (non-hydrogen) atoms. The first-order chi connectivity index (χ1) is 13.7. The van der Waals surface area contributed by atoms with Gasteiger partial charge in [-0.2, -0.15) is 13.2 Å². The van der Waals surface area contributed by atoms with Gasteiger partial charge in [0.1, 0.15) is 0 Å². The lowest BCUT2D eigenvalue weighted by atomic mass is 10.1. The molecule has 0 unspecified atom stereocenters. The van der Waals surface area contributed by atoms with Gasteiger partial charge in [0.25, 0.3) is 5.91 Å². The van der Waals surface area contributed by atoms with Crippen LogP contribution < -0.4 is 4.90 Å². The number of anilines is 1. The number of rotatable bonds is 4. The number of halogens is 6. The Morgan fingerprint density at radius 3 is 2.10 bits per heavy atom. The van der Waals surface area contributed by atoms with Crippen LogP contribution in [0.3, 0.4) is 0 Å². The number of nitrogens with zero attached hydrogens (tertiary/aromatic N) is 2. The number of amides is 1. The van der Waals surface area contributed by atoms with Crippen LogP contribution in [-0.2, 0) is 12.7 Å². The molecule has 0 N–H and O–H groups in total. The molecule has 0 saturated heterocycles. The van der Waals surface area contributed by atoms with Crippen LogP contribution in [0.15, 0.2) is 60.8 Å².